The quantitative estimate of drug-likeness (QED) is 0.841. The lowest BCUT2D eigenvalue weighted by molar-refractivity contribution is -0.00263. The van der Waals surface area contributed by atoms with Crippen LogP contribution in [0.1, 0.15) is 16.7 Å². The summed E-state index contributed by atoms with van der Waals surface area (Å²) >= 11 is 0. The zero-order valence-corrected chi connectivity index (χ0v) is 16.9. The highest BCUT2D eigenvalue weighted by Gasteiger charge is 2.53. The fraction of sp³-hybridized carbons (Fsp3) is 0.391. The first-order valence-corrected chi connectivity index (χ1v) is 10.2. The number of hydrogen-bond donors (Lipinski definition) is 1. The molecule has 2 aromatic rings. The van der Waals surface area contributed by atoms with Crippen LogP contribution in [0.5, 0.6) is 5.75 Å². The third kappa shape index (κ3) is 3.00. The van der Waals surface area contributed by atoms with Crippen LogP contribution in [-0.2, 0) is 21.4 Å². The molecule has 1 saturated heterocycles. The van der Waals surface area contributed by atoms with Gasteiger partial charge in [-0.1, -0.05) is 12.1 Å². The van der Waals surface area contributed by atoms with Crippen molar-refractivity contribution in [2.75, 3.05) is 40.0 Å². The van der Waals surface area contributed by atoms with Crippen LogP contribution in [0.15, 0.2) is 41.4 Å². The van der Waals surface area contributed by atoms with Gasteiger partial charge in [-0.05, 0) is 52.9 Å². The largest absolute Gasteiger partial charge is 0.497 e. The minimum atomic E-state index is -0.510. The van der Waals surface area contributed by atoms with Crippen LogP contribution < -0.4 is 10.5 Å². The Balaban J connectivity index is 1.60. The molecule has 2 heterocycles. The highest BCUT2D eigenvalue weighted by atomic mass is 16.5. The Hall–Kier alpha value is -3.08. The molecule has 7 nitrogen and oxygen atoms in total. The Morgan fingerprint density at radius 2 is 2.03 bits per heavy atom. The van der Waals surface area contributed by atoms with Gasteiger partial charge >= 0.3 is 0 Å². The molecule has 1 aliphatic carbocycles. The van der Waals surface area contributed by atoms with Crippen molar-refractivity contribution in [2.45, 2.75) is 18.0 Å². The Labute approximate surface area is 175 Å². The predicted octanol–water partition coefficient (Wildman–Crippen LogP) is 2.03. The lowest BCUT2D eigenvalue weighted by atomic mass is 9.87. The third-order valence-electron chi connectivity index (χ3n) is 6.38. The van der Waals surface area contributed by atoms with Crippen molar-refractivity contribution in [3.05, 3.63) is 53.1 Å². The lowest BCUT2D eigenvalue weighted by Crippen LogP contribution is -2.52. The number of nitrogens with two attached hydrogens (primary N) is 1. The highest BCUT2D eigenvalue weighted by Crippen LogP contribution is 2.47. The van der Waals surface area contributed by atoms with Crippen LogP contribution in [0, 0.1) is 11.3 Å². The summed E-state index contributed by atoms with van der Waals surface area (Å²) < 4.78 is 16.6. The van der Waals surface area contributed by atoms with Gasteiger partial charge in [-0.3, -0.25) is 4.90 Å². The maximum atomic E-state index is 9.39. The van der Waals surface area contributed by atoms with Gasteiger partial charge in [0.05, 0.1) is 32.0 Å². The Bertz CT molecular complexity index is 1050. The summed E-state index contributed by atoms with van der Waals surface area (Å²) in [6.45, 7) is 3.66. The van der Waals surface area contributed by atoms with E-state index in [9.17, 15) is 5.26 Å². The Morgan fingerprint density at radius 3 is 2.73 bits per heavy atom. The second kappa shape index (κ2) is 7.31. The van der Waals surface area contributed by atoms with Gasteiger partial charge in [-0.2, -0.15) is 5.26 Å². The number of hydrogen-bond acceptors (Lipinski definition) is 7. The first kappa shape index (κ1) is 18.9. The van der Waals surface area contributed by atoms with Crippen LogP contribution in [0.25, 0.3) is 11.1 Å². The fourth-order valence-corrected chi connectivity index (χ4v) is 4.92. The summed E-state index contributed by atoms with van der Waals surface area (Å²) in [5.41, 5.74) is 10.4. The molecule has 0 saturated carbocycles. The zero-order chi connectivity index (χ0) is 20.7. The van der Waals surface area contributed by atoms with Crippen molar-refractivity contribution < 1.29 is 14.2 Å². The van der Waals surface area contributed by atoms with E-state index < -0.39 is 5.54 Å². The van der Waals surface area contributed by atoms with E-state index in [-0.39, 0.29) is 12.1 Å². The number of methoxy groups -OCH3 is 1. The van der Waals surface area contributed by atoms with E-state index in [1.165, 1.54) is 5.56 Å². The van der Waals surface area contributed by atoms with E-state index >= 15 is 0 Å². The standard InChI is InChI=1S/C23H24N4O3/c1-28-19-9-15(13-24)8-18(10-19)16-2-3-17-12-21(27-4-6-29-7-5-27)23(20(17)11-16)14-30-22(25)26-23/h2-3,8-11,21H,4-7,12,14H2,1H3,(H2,25,26). The summed E-state index contributed by atoms with van der Waals surface area (Å²) in [6.07, 6.45) is 0.900. The van der Waals surface area contributed by atoms with Crippen molar-refractivity contribution in [2.24, 2.45) is 10.7 Å². The monoisotopic (exact) mass is 404 g/mol. The van der Waals surface area contributed by atoms with Gasteiger partial charge in [0.25, 0.3) is 6.02 Å². The van der Waals surface area contributed by atoms with Crippen LogP contribution >= 0.6 is 0 Å². The molecule has 0 amide bonds. The minimum absolute atomic E-state index is 0.188. The number of benzene rings is 2. The molecule has 2 N–H and O–H groups in total. The van der Waals surface area contributed by atoms with Crippen molar-refractivity contribution in [3.63, 3.8) is 0 Å². The zero-order valence-electron chi connectivity index (χ0n) is 16.9. The van der Waals surface area contributed by atoms with Crippen LogP contribution in [0.2, 0.25) is 0 Å². The lowest BCUT2D eigenvalue weighted by Gasteiger charge is -2.39. The second-order valence-electron chi connectivity index (χ2n) is 7.97. The number of ether oxygens (including phenoxy) is 3. The number of amidine groups is 1. The Morgan fingerprint density at radius 1 is 1.20 bits per heavy atom. The summed E-state index contributed by atoms with van der Waals surface area (Å²) in [7, 11) is 1.61. The normalized spacial score (nSPS) is 25.5. The number of morpholine rings is 1. The molecule has 30 heavy (non-hydrogen) atoms. The first-order valence-electron chi connectivity index (χ1n) is 10.2. The van der Waals surface area contributed by atoms with Crippen LogP contribution in [0.3, 0.4) is 0 Å². The van der Waals surface area contributed by atoms with Crippen LogP contribution in [-0.4, -0.2) is 57.0 Å². The maximum Gasteiger partial charge on any atom is 0.283 e. The molecule has 2 unspecified atom stereocenters. The molecule has 2 aromatic carbocycles. The molecule has 154 valence electrons. The second-order valence-corrected chi connectivity index (χ2v) is 7.97. The molecule has 5 rings (SSSR count). The number of aliphatic imine (C=N–C) groups is 1. The van der Waals surface area contributed by atoms with E-state index in [4.69, 9.17) is 24.9 Å². The van der Waals surface area contributed by atoms with Gasteiger partial charge in [0, 0.05) is 19.1 Å². The molecule has 2 atom stereocenters. The molecule has 0 aromatic heterocycles. The van der Waals surface area contributed by atoms with Crippen molar-refractivity contribution in [1.29, 1.82) is 5.26 Å². The number of fused-ring (bicyclic) bond motifs is 2. The first-order chi connectivity index (χ1) is 14.6. The van der Waals surface area contributed by atoms with E-state index in [0.717, 1.165) is 49.4 Å². The van der Waals surface area contributed by atoms with Gasteiger partial charge in [0.1, 0.15) is 17.9 Å². The van der Waals surface area contributed by atoms with Crippen molar-refractivity contribution >= 4 is 6.02 Å². The summed E-state index contributed by atoms with van der Waals surface area (Å²) in [6, 6.07) is 14.7. The maximum absolute atomic E-state index is 9.39. The van der Waals surface area contributed by atoms with Crippen molar-refractivity contribution in [1.82, 2.24) is 4.90 Å². The van der Waals surface area contributed by atoms with E-state index in [2.05, 4.69) is 29.2 Å². The number of nitrogens with zero attached hydrogens (tertiary/aromatic N) is 3. The third-order valence-corrected chi connectivity index (χ3v) is 6.38. The molecule has 1 spiro atoms. The molecular formula is C23H24N4O3. The molecule has 7 heteroatoms. The van der Waals surface area contributed by atoms with Gasteiger partial charge in [0.2, 0.25) is 0 Å². The Kier molecular flexibility index (Phi) is 4.61. The van der Waals surface area contributed by atoms with E-state index in [0.29, 0.717) is 17.9 Å². The van der Waals surface area contributed by atoms with Gasteiger partial charge in [0.15, 0.2) is 0 Å². The fourth-order valence-electron chi connectivity index (χ4n) is 4.92. The molecule has 2 aliphatic heterocycles. The van der Waals surface area contributed by atoms with E-state index in [1.807, 2.05) is 12.1 Å². The topological polar surface area (TPSA) is 93.1 Å². The molecular weight excluding hydrogens is 380 g/mol. The minimum Gasteiger partial charge on any atom is -0.497 e. The SMILES string of the molecule is COc1cc(C#N)cc(-c2ccc3c(c2)C2(COC(N)=N2)C(N2CCOCC2)C3)c1. The average molecular weight is 404 g/mol. The van der Waals surface area contributed by atoms with Gasteiger partial charge in [-0.25, -0.2) is 4.99 Å². The van der Waals surface area contributed by atoms with Crippen LogP contribution in [0.4, 0.5) is 0 Å². The summed E-state index contributed by atoms with van der Waals surface area (Å²) in [4.78, 5) is 7.28. The molecule has 0 bridgehead atoms. The summed E-state index contributed by atoms with van der Waals surface area (Å²) in [5.74, 6) is 0.664. The summed E-state index contributed by atoms with van der Waals surface area (Å²) in [5, 5.41) is 9.39. The number of rotatable bonds is 3. The molecule has 3 aliphatic rings. The smallest absolute Gasteiger partial charge is 0.283 e. The van der Waals surface area contributed by atoms with Gasteiger partial charge < -0.3 is 19.9 Å². The van der Waals surface area contributed by atoms with Crippen molar-refractivity contribution in [3.8, 4) is 22.9 Å². The predicted molar refractivity (Wildman–Crippen MR) is 112 cm³/mol. The van der Waals surface area contributed by atoms with E-state index in [1.54, 1.807) is 13.2 Å². The number of nitriles is 1. The molecule has 1 fully saturated rings. The molecule has 0 radical (unpaired) electrons. The average Bonchev–Trinajstić information content (AvgIpc) is 3.34. The van der Waals surface area contributed by atoms with Gasteiger partial charge in [-0.15, -0.1) is 0 Å². The highest BCUT2D eigenvalue weighted by molar-refractivity contribution is 5.76.